The van der Waals surface area contributed by atoms with Crippen molar-refractivity contribution in [3.63, 3.8) is 0 Å². The zero-order valence-corrected chi connectivity index (χ0v) is 13.9. The van der Waals surface area contributed by atoms with Crippen LogP contribution in [0.2, 0.25) is 0 Å². The molecule has 0 spiro atoms. The minimum Gasteiger partial charge on any atom is -0.370 e. The number of carbonyl (C=O) groups is 1. The number of nitrogens with two attached hydrogens (primary N) is 1. The first-order valence-electron chi connectivity index (χ1n) is 6.59. The number of nitrogens with zero attached hydrogens (tertiary/aromatic N) is 2. The Morgan fingerprint density at radius 3 is 2.95 bits per heavy atom. The molecular formula is C13H25IN4O. The van der Waals surface area contributed by atoms with Crippen LogP contribution < -0.4 is 11.1 Å². The van der Waals surface area contributed by atoms with E-state index >= 15 is 0 Å². The molecule has 6 heteroatoms. The number of likely N-dealkylation sites (tertiary alicyclic amines) is 1. The lowest BCUT2D eigenvalue weighted by atomic mass is 9.95. The van der Waals surface area contributed by atoms with Gasteiger partial charge in [-0.15, -0.1) is 30.6 Å². The highest BCUT2D eigenvalue weighted by Crippen LogP contribution is 2.19. The highest BCUT2D eigenvalue weighted by molar-refractivity contribution is 14.0. The van der Waals surface area contributed by atoms with E-state index in [4.69, 9.17) is 5.73 Å². The Balaban J connectivity index is 0.00000324. The van der Waals surface area contributed by atoms with Crippen molar-refractivity contribution in [2.45, 2.75) is 26.2 Å². The number of rotatable bonds is 5. The highest BCUT2D eigenvalue weighted by Gasteiger charge is 2.23. The number of carbonyl (C=O) groups excluding carboxylic acids is 1. The maximum Gasteiger partial charge on any atom is 0.217 e. The second-order valence-electron chi connectivity index (χ2n) is 4.61. The molecule has 0 bridgehead atoms. The van der Waals surface area contributed by atoms with E-state index < -0.39 is 0 Å². The predicted molar refractivity (Wildman–Crippen MR) is 89.7 cm³/mol. The zero-order valence-electron chi connectivity index (χ0n) is 11.6. The summed E-state index contributed by atoms with van der Waals surface area (Å²) >= 11 is 0. The van der Waals surface area contributed by atoms with Crippen LogP contribution in [0.3, 0.4) is 0 Å². The SMILES string of the molecule is C=CCN=C(NCC)N1CCCC(CC(N)=O)C1.I. The van der Waals surface area contributed by atoms with Gasteiger partial charge in [0, 0.05) is 26.1 Å². The van der Waals surface area contributed by atoms with Crippen molar-refractivity contribution >= 4 is 35.8 Å². The summed E-state index contributed by atoms with van der Waals surface area (Å²) in [5.41, 5.74) is 5.27. The van der Waals surface area contributed by atoms with Crippen molar-refractivity contribution in [2.75, 3.05) is 26.2 Å². The highest BCUT2D eigenvalue weighted by atomic mass is 127. The van der Waals surface area contributed by atoms with Gasteiger partial charge in [0.05, 0.1) is 6.54 Å². The molecule has 3 N–H and O–H groups in total. The molecule has 0 saturated carbocycles. The molecule has 1 amide bonds. The van der Waals surface area contributed by atoms with Gasteiger partial charge in [-0.25, -0.2) is 4.99 Å². The van der Waals surface area contributed by atoms with E-state index in [9.17, 15) is 4.79 Å². The van der Waals surface area contributed by atoms with Crippen LogP contribution in [-0.2, 0) is 4.79 Å². The van der Waals surface area contributed by atoms with Crippen LogP contribution in [0.15, 0.2) is 17.6 Å². The smallest absolute Gasteiger partial charge is 0.217 e. The van der Waals surface area contributed by atoms with Gasteiger partial charge in [0.2, 0.25) is 5.91 Å². The lowest BCUT2D eigenvalue weighted by molar-refractivity contribution is -0.119. The third-order valence-corrected chi connectivity index (χ3v) is 3.01. The quantitative estimate of drug-likeness (QED) is 0.327. The summed E-state index contributed by atoms with van der Waals surface area (Å²) in [5, 5.41) is 3.27. The summed E-state index contributed by atoms with van der Waals surface area (Å²) in [6.07, 6.45) is 4.40. The monoisotopic (exact) mass is 380 g/mol. The molecule has 110 valence electrons. The molecule has 0 aromatic carbocycles. The molecule has 5 nitrogen and oxygen atoms in total. The molecule has 1 unspecified atom stereocenters. The lowest BCUT2D eigenvalue weighted by Gasteiger charge is -2.34. The number of nitrogens with one attached hydrogen (secondary N) is 1. The number of amides is 1. The average Bonchev–Trinajstić information content (AvgIpc) is 2.34. The summed E-state index contributed by atoms with van der Waals surface area (Å²) in [7, 11) is 0. The van der Waals surface area contributed by atoms with Crippen LogP contribution in [0.5, 0.6) is 0 Å². The molecular weight excluding hydrogens is 355 g/mol. The van der Waals surface area contributed by atoms with Gasteiger partial charge in [-0.05, 0) is 25.7 Å². The summed E-state index contributed by atoms with van der Waals surface area (Å²) in [6, 6.07) is 0. The third-order valence-electron chi connectivity index (χ3n) is 3.01. The largest absolute Gasteiger partial charge is 0.370 e. The second-order valence-corrected chi connectivity index (χ2v) is 4.61. The van der Waals surface area contributed by atoms with Crippen molar-refractivity contribution < 1.29 is 4.79 Å². The number of primary amides is 1. The Bertz CT molecular complexity index is 320. The van der Waals surface area contributed by atoms with Crippen LogP contribution in [0.4, 0.5) is 0 Å². The third kappa shape index (κ3) is 6.79. The maximum absolute atomic E-state index is 11.0. The number of aliphatic imine (C=N–C) groups is 1. The first kappa shape index (κ1) is 18.2. The Labute approximate surface area is 132 Å². The number of guanidine groups is 1. The Hall–Kier alpha value is -0.790. The van der Waals surface area contributed by atoms with Crippen molar-refractivity contribution in [1.82, 2.24) is 10.2 Å². The van der Waals surface area contributed by atoms with Gasteiger partial charge in [0.1, 0.15) is 0 Å². The van der Waals surface area contributed by atoms with Crippen LogP contribution in [-0.4, -0.2) is 42.9 Å². The van der Waals surface area contributed by atoms with E-state index in [1.807, 2.05) is 6.92 Å². The van der Waals surface area contributed by atoms with E-state index in [0.29, 0.717) is 18.9 Å². The molecule has 1 aliphatic heterocycles. The van der Waals surface area contributed by atoms with Crippen molar-refractivity contribution in [3.05, 3.63) is 12.7 Å². The summed E-state index contributed by atoms with van der Waals surface area (Å²) < 4.78 is 0. The minimum atomic E-state index is -0.213. The lowest BCUT2D eigenvalue weighted by Crippen LogP contribution is -2.47. The van der Waals surface area contributed by atoms with Gasteiger partial charge in [0.25, 0.3) is 0 Å². The fourth-order valence-electron chi connectivity index (χ4n) is 2.29. The first-order valence-corrected chi connectivity index (χ1v) is 6.59. The molecule has 1 heterocycles. The van der Waals surface area contributed by atoms with E-state index in [1.54, 1.807) is 6.08 Å². The number of hydrogen-bond acceptors (Lipinski definition) is 2. The first-order chi connectivity index (χ1) is 8.67. The number of hydrogen-bond donors (Lipinski definition) is 2. The summed E-state index contributed by atoms with van der Waals surface area (Å²) in [4.78, 5) is 17.7. The molecule has 0 aromatic heterocycles. The van der Waals surface area contributed by atoms with Gasteiger partial charge in [0.15, 0.2) is 5.96 Å². The van der Waals surface area contributed by atoms with Gasteiger partial charge < -0.3 is 16.0 Å². The van der Waals surface area contributed by atoms with E-state index in [-0.39, 0.29) is 29.9 Å². The topological polar surface area (TPSA) is 70.7 Å². The van der Waals surface area contributed by atoms with E-state index in [2.05, 4.69) is 21.8 Å². The molecule has 0 aromatic rings. The Kier molecular flexibility index (Phi) is 9.63. The molecule has 0 radical (unpaired) electrons. The van der Waals surface area contributed by atoms with Gasteiger partial charge in [-0.1, -0.05) is 6.08 Å². The number of piperidine rings is 1. The molecule has 1 rings (SSSR count). The predicted octanol–water partition coefficient (Wildman–Crippen LogP) is 1.34. The van der Waals surface area contributed by atoms with Gasteiger partial charge >= 0.3 is 0 Å². The Morgan fingerprint density at radius 2 is 2.37 bits per heavy atom. The van der Waals surface area contributed by atoms with Crippen molar-refractivity contribution in [1.29, 1.82) is 0 Å². The summed E-state index contributed by atoms with van der Waals surface area (Å²) in [6.45, 7) is 9.02. The molecule has 1 atom stereocenters. The van der Waals surface area contributed by atoms with E-state index in [1.165, 1.54) is 0 Å². The average molecular weight is 380 g/mol. The van der Waals surface area contributed by atoms with Crippen LogP contribution in [0.1, 0.15) is 26.2 Å². The van der Waals surface area contributed by atoms with E-state index in [0.717, 1.165) is 38.4 Å². The van der Waals surface area contributed by atoms with Crippen molar-refractivity contribution in [3.8, 4) is 0 Å². The normalized spacial score (nSPS) is 19.5. The molecule has 1 aliphatic rings. The zero-order chi connectivity index (χ0) is 13.4. The number of halogens is 1. The maximum atomic E-state index is 11.0. The van der Waals surface area contributed by atoms with Gasteiger partial charge in [-0.3, -0.25) is 4.79 Å². The fraction of sp³-hybridized carbons (Fsp3) is 0.692. The molecule has 0 aliphatic carbocycles. The van der Waals surface area contributed by atoms with Crippen molar-refractivity contribution in [2.24, 2.45) is 16.6 Å². The van der Waals surface area contributed by atoms with Crippen LogP contribution >= 0.6 is 24.0 Å². The van der Waals surface area contributed by atoms with Crippen LogP contribution in [0.25, 0.3) is 0 Å². The van der Waals surface area contributed by atoms with Gasteiger partial charge in [-0.2, -0.15) is 0 Å². The Morgan fingerprint density at radius 1 is 1.63 bits per heavy atom. The molecule has 19 heavy (non-hydrogen) atoms. The fourth-order valence-corrected chi connectivity index (χ4v) is 2.29. The minimum absolute atomic E-state index is 0. The van der Waals surface area contributed by atoms with Crippen LogP contribution in [0, 0.1) is 5.92 Å². The molecule has 1 saturated heterocycles. The summed E-state index contributed by atoms with van der Waals surface area (Å²) in [5.74, 6) is 1.05. The molecule has 1 fully saturated rings. The standard InChI is InChI=1S/C13H24N4O.HI/c1-3-7-16-13(15-4-2)17-8-5-6-11(10-17)9-12(14)18;/h3,11H,1,4-10H2,2H3,(H2,14,18)(H,15,16);1H. The second kappa shape index (κ2) is 10.1.